The molecule has 0 atom stereocenters. The predicted octanol–water partition coefficient (Wildman–Crippen LogP) is 4.89. The van der Waals surface area contributed by atoms with Crippen LogP contribution in [0.2, 0.25) is 0 Å². The lowest BCUT2D eigenvalue weighted by molar-refractivity contribution is 0.0777. The highest BCUT2D eigenvalue weighted by molar-refractivity contribution is 5.78. The zero-order chi connectivity index (χ0) is 13.7. The van der Waals surface area contributed by atoms with Gasteiger partial charge >= 0.3 is 0 Å². The molecule has 0 aliphatic carbocycles. The number of ether oxygens (including phenoxy) is 1. The molecule has 0 radical (unpaired) electrons. The van der Waals surface area contributed by atoms with Gasteiger partial charge in [0.2, 0.25) is 0 Å². The first-order valence-corrected chi connectivity index (χ1v) is 6.55. The van der Waals surface area contributed by atoms with Crippen LogP contribution in [0.25, 0.3) is 5.57 Å². The fourth-order valence-electron chi connectivity index (χ4n) is 1.77. The molecule has 0 aliphatic rings. The van der Waals surface area contributed by atoms with Gasteiger partial charge in [0.15, 0.2) is 0 Å². The van der Waals surface area contributed by atoms with Crippen LogP contribution in [0.3, 0.4) is 0 Å². The summed E-state index contributed by atoms with van der Waals surface area (Å²) in [5, 5.41) is 0. The van der Waals surface area contributed by atoms with Crippen LogP contribution in [0, 0.1) is 0 Å². The minimum Gasteiger partial charge on any atom is -0.495 e. The molecule has 0 unspecified atom stereocenters. The highest BCUT2D eigenvalue weighted by atomic mass is 16.5. The number of benzene rings is 2. The van der Waals surface area contributed by atoms with Crippen LogP contribution in [0.1, 0.15) is 31.9 Å². The number of rotatable bonds is 3. The Bertz CT molecular complexity index is 491. The Hall–Kier alpha value is -2.02. The van der Waals surface area contributed by atoms with Crippen molar-refractivity contribution in [3.63, 3.8) is 0 Å². The summed E-state index contributed by atoms with van der Waals surface area (Å²) in [7, 11) is 0. The summed E-state index contributed by atoms with van der Waals surface area (Å²) in [5.41, 5.74) is 3.25. The van der Waals surface area contributed by atoms with Crippen molar-refractivity contribution in [3.05, 3.63) is 78.1 Å². The van der Waals surface area contributed by atoms with Gasteiger partial charge in [-0.2, -0.15) is 0 Å². The standard InChI is InChI=1S/C18H20O/c1-18(2,3)19-14-17(15-10-6-4-7-11-15)16-12-8-5-9-13-16/h4-14H,1-3H3. The monoisotopic (exact) mass is 252 g/mol. The van der Waals surface area contributed by atoms with Gasteiger partial charge in [0, 0.05) is 5.57 Å². The van der Waals surface area contributed by atoms with E-state index in [1.54, 1.807) is 0 Å². The molecule has 98 valence electrons. The first-order chi connectivity index (χ1) is 9.06. The molecule has 19 heavy (non-hydrogen) atoms. The highest BCUT2D eigenvalue weighted by Crippen LogP contribution is 2.24. The van der Waals surface area contributed by atoms with Crippen molar-refractivity contribution in [1.82, 2.24) is 0 Å². The molecule has 0 amide bonds. The molecule has 1 heteroatoms. The van der Waals surface area contributed by atoms with E-state index in [1.807, 2.05) is 42.7 Å². The second-order valence-corrected chi connectivity index (χ2v) is 5.49. The Morgan fingerprint density at radius 2 is 1.21 bits per heavy atom. The summed E-state index contributed by atoms with van der Waals surface area (Å²) in [6, 6.07) is 20.6. The van der Waals surface area contributed by atoms with E-state index in [9.17, 15) is 0 Å². The van der Waals surface area contributed by atoms with Gasteiger partial charge in [-0.15, -0.1) is 0 Å². The third kappa shape index (κ3) is 3.99. The molecule has 0 fully saturated rings. The Balaban J connectivity index is 2.40. The van der Waals surface area contributed by atoms with Crippen molar-refractivity contribution in [1.29, 1.82) is 0 Å². The minimum absolute atomic E-state index is 0.186. The summed E-state index contributed by atoms with van der Waals surface area (Å²) < 4.78 is 5.84. The van der Waals surface area contributed by atoms with Crippen molar-refractivity contribution in [2.75, 3.05) is 0 Å². The highest BCUT2D eigenvalue weighted by Gasteiger charge is 2.11. The van der Waals surface area contributed by atoms with Crippen LogP contribution in [0.5, 0.6) is 0 Å². The largest absolute Gasteiger partial charge is 0.495 e. The van der Waals surface area contributed by atoms with E-state index >= 15 is 0 Å². The van der Waals surface area contributed by atoms with Gasteiger partial charge in [-0.25, -0.2) is 0 Å². The van der Waals surface area contributed by atoms with E-state index < -0.39 is 0 Å². The molecule has 0 saturated carbocycles. The van der Waals surface area contributed by atoms with Crippen LogP contribution < -0.4 is 0 Å². The zero-order valence-corrected chi connectivity index (χ0v) is 11.8. The van der Waals surface area contributed by atoms with Crippen molar-refractivity contribution < 1.29 is 4.74 Å². The second kappa shape index (κ2) is 5.75. The van der Waals surface area contributed by atoms with E-state index in [0.717, 1.165) is 16.7 Å². The normalized spacial score (nSPS) is 10.9. The maximum Gasteiger partial charge on any atom is 0.0998 e. The molecule has 2 aromatic rings. The Kier molecular flexibility index (Phi) is 4.06. The summed E-state index contributed by atoms with van der Waals surface area (Å²) >= 11 is 0. The van der Waals surface area contributed by atoms with E-state index in [0.29, 0.717) is 0 Å². The molecule has 2 aromatic carbocycles. The SMILES string of the molecule is CC(C)(C)OC=C(c1ccccc1)c1ccccc1. The molecule has 0 saturated heterocycles. The Morgan fingerprint density at radius 1 is 0.789 bits per heavy atom. The minimum atomic E-state index is -0.186. The maximum atomic E-state index is 5.84. The molecular formula is C18H20O. The molecule has 2 rings (SSSR count). The van der Waals surface area contributed by atoms with Crippen LogP contribution in [0.4, 0.5) is 0 Å². The quantitative estimate of drug-likeness (QED) is 0.707. The van der Waals surface area contributed by atoms with Crippen LogP contribution in [-0.4, -0.2) is 5.60 Å². The van der Waals surface area contributed by atoms with E-state index in [4.69, 9.17) is 4.74 Å². The smallest absolute Gasteiger partial charge is 0.0998 e. The van der Waals surface area contributed by atoms with Gasteiger partial charge in [-0.05, 0) is 31.9 Å². The average Bonchev–Trinajstić information content (AvgIpc) is 2.40. The van der Waals surface area contributed by atoms with E-state index in [-0.39, 0.29) is 5.60 Å². The number of hydrogen-bond acceptors (Lipinski definition) is 1. The van der Waals surface area contributed by atoms with Gasteiger partial charge in [0.25, 0.3) is 0 Å². The first-order valence-electron chi connectivity index (χ1n) is 6.55. The van der Waals surface area contributed by atoms with E-state index in [2.05, 4.69) is 45.0 Å². The molecule has 1 nitrogen and oxygen atoms in total. The molecule has 0 aliphatic heterocycles. The molecule has 0 bridgehead atoms. The third-order valence-corrected chi connectivity index (χ3v) is 2.70. The Labute approximate surface area is 115 Å². The van der Waals surface area contributed by atoms with E-state index in [1.165, 1.54) is 0 Å². The van der Waals surface area contributed by atoms with Gasteiger partial charge in [0.05, 0.1) is 11.9 Å². The third-order valence-electron chi connectivity index (χ3n) is 2.70. The lowest BCUT2D eigenvalue weighted by atomic mass is 9.99. The van der Waals surface area contributed by atoms with Crippen molar-refractivity contribution in [3.8, 4) is 0 Å². The van der Waals surface area contributed by atoms with Crippen LogP contribution >= 0.6 is 0 Å². The summed E-state index contributed by atoms with van der Waals surface area (Å²) in [5.74, 6) is 0. The van der Waals surface area contributed by atoms with Crippen molar-refractivity contribution in [2.24, 2.45) is 0 Å². The summed E-state index contributed by atoms with van der Waals surface area (Å²) in [4.78, 5) is 0. The van der Waals surface area contributed by atoms with Crippen LogP contribution in [-0.2, 0) is 4.74 Å². The maximum absolute atomic E-state index is 5.84. The van der Waals surface area contributed by atoms with Gasteiger partial charge < -0.3 is 4.74 Å². The van der Waals surface area contributed by atoms with Gasteiger partial charge in [0.1, 0.15) is 0 Å². The second-order valence-electron chi connectivity index (χ2n) is 5.49. The molecule has 0 aromatic heterocycles. The fraction of sp³-hybridized carbons (Fsp3) is 0.222. The fourth-order valence-corrected chi connectivity index (χ4v) is 1.77. The molecule has 0 N–H and O–H groups in total. The first kappa shape index (κ1) is 13.4. The number of hydrogen-bond donors (Lipinski definition) is 0. The Morgan fingerprint density at radius 3 is 1.58 bits per heavy atom. The van der Waals surface area contributed by atoms with Gasteiger partial charge in [-0.1, -0.05) is 60.7 Å². The van der Waals surface area contributed by atoms with Crippen molar-refractivity contribution >= 4 is 5.57 Å². The summed E-state index contributed by atoms with van der Waals surface area (Å²) in [6.07, 6.45) is 1.87. The molecule has 0 spiro atoms. The summed E-state index contributed by atoms with van der Waals surface area (Å²) in [6.45, 7) is 6.16. The van der Waals surface area contributed by atoms with Gasteiger partial charge in [-0.3, -0.25) is 0 Å². The predicted molar refractivity (Wildman–Crippen MR) is 80.8 cm³/mol. The van der Waals surface area contributed by atoms with Crippen LogP contribution in [0.15, 0.2) is 66.9 Å². The average molecular weight is 252 g/mol. The van der Waals surface area contributed by atoms with Crippen molar-refractivity contribution in [2.45, 2.75) is 26.4 Å². The lowest BCUT2D eigenvalue weighted by Gasteiger charge is -2.19. The topological polar surface area (TPSA) is 9.23 Å². The molecule has 0 heterocycles. The lowest BCUT2D eigenvalue weighted by Crippen LogP contribution is -2.15. The molecular weight excluding hydrogens is 232 g/mol. The zero-order valence-electron chi connectivity index (χ0n) is 11.8.